The van der Waals surface area contributed by atoms with Crippen molar-refractivity contribution in [1.82, 2.24) is 5.16 Å². The molecule has 3 rings (SSSR count). The molecule has 0 aliphatic carbocycles. The van der Waals surface area contributed by atoms with Crippen LogP contribution in [0.25, 0.3) is 22.5 Å². The molecule has 1 aromatic heterocycles. The predicted octanol–water partition coefficient (Wildman–Crippen LogP) is 2.37. The van der Waals surface area contributed by atoms with Gasteiger partial charge in [0, 0.05) is 16.3 Å². The van der Waals surface area contributed by atoms with Crippen LogP contribution in [0.5, 0.6) is 23.0 Å². The summed E-state index contributed by atoms with van der Waals surface area (Å²) in [6, 6.07) is 9.60. The van der Waals surface area contributed by atoms with Gasteiger partial charge in [0.1, 0.15) is 5.75 Å². The van der Waals surface area contributed by atoms with Crippen LogP contribution < -0.4 is 19.1 Å². The standard InChI is InChI=1S/C17H16N2O6/c1-22-13-8-11(9-14(23-2)17(13)24-3)16-15(18-25-19(16)21)10-5-4-6-12(20)7-10/h4-9,20H,1-3H3. The average Bonchev–Trinajstić information content (AvgIpc) is 3.01. The summed E-state index contributed by atoms with van der Waals surface area (Å²) < 4.78 is 20.7. The largest absolute Gasteiger partial charge is 0.508 e. The van der Waals surface area contributed by atoms with E-state index in [-0.39, 0.29) is 17.1 Å². The third kappa shape index (κ3) is 2.89. The number of ether oxygens (including phenoxy) is 3. The molecule has 0 aliphatic rings. The number of methoxy groups -OCH3 is 3. The van der Waals surface area contributed by atoms with Gasteiger partial charge >= 0.3 is 0 Å². The minimum atomic E-state index is 0.0498. The molecule has 8 heteroatoms. The van der Waals surface area contributed by atoms with Crippen molar-refractivity contribution in [1.29, 1.82) is 0 Å². The molecule has 3 aromatic rings. The van der Waals surface area contributed by atoms with E-state index >= 15 is 0 Å². The van der Waals surface area contributed by atoms with E-state index in [9.17, 15) is 10.3 Å². The van der Waals surface area contributed by atoms with Crippen LogP contribution in [0, 0.1) is 5.21 Å². The van der Waals surface area contributed by atoms with Crippen molar-refractivity contribution in [3.8, 4) is 45.5 Å². The fraction of sp³-hybridized carbons (Fsp3) is 0.176. The van der Waals surface area contributed by atoms with E-state index in [0.717, 1.165) is 0 Å². The molecular formula is C17H16N2O6. The second-order valence-corrected chi connectivity index (χ2v) is 5.09. The maximum absolute atomic E-state index is 12.2. The summed E-state index contributed by atoms with van der Waals surface area (Å²) >= 11 is 0. The lowest BCUT2D eigenvalue weighted by atomic mass is 10.0. The van der Waals surface area contributed by atoms with Crippen LogP contribution in [0.2, 0.25) is 0 Å². The van der Waals surface area contributed by atoms with Gasteiger partial charge in [0.2, 0.25) is 11.4 Å². The first-order chi connectivity index (χ1) is 12.1. The summed E-state index contributed by atoms with van der Waals surface area (Å²) in [7, 11) is 4.46. The average molecular weight is 344 g/mol. The molecule has 0 aliphatic heterocycles. The predicted molar refractivity (Wildman–Crippen MR) is 87.7 cm³/mol. The molecule has 2 aromatic carbocycles. The summed E-state index contributed by atoms with van der Waals surface area (Å²) in [5.74, 6) is 1.23. The molecule has 0 spiro atoms. The highest BCUT2D eigenvalue weighted by Crippen LogP contribution is 2.42. The Bertz CT molecular complexity index is 881. The maximum atomic E-state index is 12.2. The minimum Gasteiger partial charge on any atom is -0.508 e. The van der Waals surface area contributed by atoms with Gasteiger partial charge in [0.05, 0.1) is 21.3 Å². The Morgan fingerprint density at radius 3 is 2.24 bits per heavy atom. The topological polar surface area (TPSA) is 101 Å². The number of hydrogen-bond donors (Lipinski definition) is 1. The second kappa shape index (κ2) is 6.60. The summed E-state index contributed by atoms with van der Waals surface area (Å²) in [6.45, 7) is 0. The van der Waals surface area contributed by atoms with Gasteiger partial charge in [-0.15, -0.1) is 0 Å². The summed E-state index contributed by atoms with van der Waals surface area (Å²) in [5.41, 5.74) is 1.43. The van der Waals surface area contributed by atoms with Crippen molar-refractivity contribution in [3.05, 3.63) is 41.6 Å². The quantitative estimate of drug-likeness (QED) is 0.709. The van der Waals surface area contributed by atoms with Crippen molar-refractivity contribution in [2.45, 2.75) is 0 Å². The monoisotopic (exact) mass is 344 g/mol. The van der Waals surface area contributed by atoms with Gasteiger partial charge in [-0.25, -0.2) is 0 Å². The highest BCUT2D eigenvalue weighted by Gasteiger charge is 2.26. The Morgan fingerprint density at radius 2 is 1.68 bits per heavy atom. The molecule has 25 heavy (non-hydrogen) atoms. The van der Waals surface area contributed by atoms with Gasteiger partial charge in [-0.3, -0.25) is 4.63 Å². The minimum absolute atomic E-state index is 0.0498. The lowest BCUT2D eigenvalue weighted by Gasteiger charge is -2.13. The van der Waals surface area contributed by atoms with Crippen LogP contribution >= 0.6 is 0 Å². The summed E-state index contributed by atoms with van der Waals surface area (Å²) in [5, 5.41) is 25.6. The molecular weight excluding hydrogens is 328 g/mol. The molecule has 1 heterocycles. The summed E-state index contributed by atoms with van der Waals surface area (Å²) in [4.78, 5) is 0.292. The first-order valence-corrected chi connectivity index (χ1v) is 7.28. The van der Waals surface area contributed by atoms with Gasteiger partial charge in [-0.05, 0) is 29.2 Å². The number of aromatic hydroxyl groups is 1. The lowest BCUT2D eigenvalue weighted by molar-refractivity contribution is -0.793. The third-order valence-corrected chi connectivity index (χ3v) is 3.67. The van der Waals surface area contributed by atoms with E-state index in [4.69, 9.17) is 18.8 Å². The number of nitrogens with zero attached hydrogens (tertiary/aromatic N) is 2. The molecule has 0 saturated carbocycles. The van der Waals surface area contributed by atoms with E-state index in [1.54, 1.807) is 24.3 Å². The fourth-order valence-corrected chi connectivity index (χ4v) is 2.55. The zero-order valence-electron chi connectivity index (χ0n) is 13.8. The smallest absolute Gasteiger partial charge is 0.256 e. The number of rotatable bonds is 5. The van der Waals surface area contributed by atoms with Crippen molar-refractivity contribution in [2.24, 2.45) is 0 Å². The highest BCUT2D eigenvalue weighted by molar-refractivity contribution is 5.78. The van der Waals surface area contributed by atoms with Gasteiger partial charge in [-0.1, -0.05) is 12.1 Å². The first-order valence-electron chi connectivity index (χ1n) is 7.28. The first kappa shape index (κ1) is 16.4. The SMILES string of the molecule is COc1cc(-c2c(-c3cccc(O)c3)no[n+]2[O-])cc(OC)c1OC. The molecule has 0 radical (unpaired) electrons. The number of aromatic nitrogens is 2. The van der Waals surface area contributed by atoms with Crippen molar-refractivity contribution < 1.29 is 28.8 Å². The Labute approximate surface area is 143 Å². The third-order valence-electron chi connectivity index (χ3n) is 3.67. The molecule has 130 valence electrons. The Morgan fingerprint density at radius 1 is 1.00 bits per heavy atom. The fourth-order valence-electron chi connectivity index (χ4n) is 2.55. The van der Waals surface area contributed by atoms with E-state index in [0.29, 0.717) is 33.3 Å². The molecule has 8 nitrogen and oxygen atoms in total. The number of phenols is 1. The highest BCUT2D eigenvalue weighted by atomic mass is 16.8. The molecule has 0 unspecified atom stereocenters. The van der Waals surface area contributed by atoms with Gasteiger partial charge in [-0.2, -0.15) is 0 Å². The van der Waals surface area contributed by atoms with E-state index in [1.807, 2.05) is 0 Å². The lowest BCUT2D eigenvalue weighted by Crippen LogP contribution is -2.25. The van der Waals surface area contributed by atoms with Crippen molar-refractivity contribution >= 4 is 0 Å². The van der Waals surface area contributed by atoms with Crippen molar-refractivity contribution in [2.75, 3.05) is 21.3 Å². The molecule has 0 atom stereocenters. The molecule has 0 amide bonds. The molecule has 0 fully saturated rings. The van der Waals surface area contributed by atoms with E-state index in [1.165, 1.54) is 33.5 Å². The Kier molecular flexibility index (Phi) is 4.34. The number of benzene rings is 2. The molecule has 1 N–H and O–H groups in total. The van der Waals surface area contributed by atoms with E-state index < -0.39 is 0 Å². The zero-order valence-corrected chi connectivity index (χ0v) is 13.8. The van der Waals surface area contributed by atoms with E-state index in [2.05, 4.69) is 5.16 Å². The van der Waals surface area contributed by atoms with Gasteiger partial charge < -0.3 is 24.5 Å². The van der Waals surface area contributed by atoms with Gasteiger partial charge in [0.25, 0.3) is 5.69 Å². The zero-order chi connectivity index (χ0) is 18.0. The maximum Gasteiger partial charge on any atom is 0.256 e. The Hall–Kier alpha value is -3.42. The van der Waals surface area contributed by atoms with Crippen LogP contribution in [0.4, 0.5) is 0 Å². The second-order valence-electron chi connectivity index (χ2n) is 5.09. The van der Waals surface area contributed by atoms with Gasteiger partial charge in [0.15, 0.2) is 11.5 Å². The number of hydrogen-bond acceptors (Lipinski definition) is 7. The Balaban J connectivity index is 2.22. The molecule has 0 saturated heterocycles. The normalized spacial score (nSPS) is 10.5. The van der Waals surface area contributed by atoms with Crippen LogP contribution in [0.15, 0.2) is 41.0 Å². The van der Waals surface area contributed by atoms with Crippen LogP contribution in [0.1, 0.15) is 0 Å². The van der Waals surface area contributed by atoms with Crippen LogP contribution in [0.3, 0.4) is 0 Å². The molecule has 0 bridgehead atoms. The summed E-state index contributed by atoms with van der Waals surface area (Å²) in [6.07, 6.45) is 0. The number of phenolic OH excluding ortho intramolecular Hbond substituents is 1. The van der Waals surface area contributed by atoms with Crippen LogP contribution in [-0.2, 0) is 0 Å². The van der Waals surface area contributed by atoms with Crippen LogP contribution in [-0.4, -0.2) is 31.6 Å². The van der Waals surface area contributed by atoms with Crippen molar-refractivity contribution in [3.63, 3.8) is 0 Å².